The molecule has 0 unspecified atom stereocenters. The van der Waals surface area contributed by atoms with Crippen molar-refractivity contribution in [3.05, 3.63) is 83.9 Å². The van der Waals surface area contributed by atoms with Crippen LogP contribution >= 0.6 is 12.2 Å². The first kappa shape index (κ1) is 18.6. The summed E-state index contributed by atoms with van der Waals surface area (Å²) in [7, 11) is 1.60. The van der Waals surface area contributed by atoms with Crippen LogP contribution in [0.2, 0.25) is 0 Å². The number of thiocarbonyl (C=S) groups is 1. The number of hydrogen-bond acceptors (Lipinski definition) is 3. The molecule has 0 bridgehead atoms. The van der Waals surface area contributed by atoms with Gasteiger partial charge < -0.3 is 14.6 Å². The van der Waals surface area contributed by atoms with Gasteiger partial charge in [0.15, 0.2) is 5.11 Å². The molecule has 2 N–H and O–H groups in total. The minimum atomic E-state index is -0.242. The molecular formula is C20H19FN4OS. The summed E-state index contributed by atoms with van der Waals surface area (Å²) in [5.74, 6) is 0.451. The topological polar surface area (TPSA) is 50.6 Å². The lowest BCUT2D eigenvalue weighted by Gasteiger charge is -2.11. The number of aromatic nitrogens is 1. The number of nitrogens with one attached hydrogen (secondary N) is 2. The van der Waals surface area contributed by atoms with E-state index < -0.39 is 0 Å². The van der Waals surface area contributed by atoms with Gasteiger partial charge in [-0.1, -0.05) is 24.3 Å². The fourth-order valence-electron chi connectivity index (χ4n) is 2.53. The smallest absolute Gasteiger partial charge is 0.191 e. The lowest BCUT2D eigenvalue weighted by atomic mass is 10.2. The van der Waals surface area contributed by atoms with Crippen LogP contribution in [-0.4, -0.2) is 23.0 Å². The Kier molecular flexibility index (Phi) is 6.17. The monoisotopic (exact) mass is 382 g/mol. The summed E-state index contributed by atoms with van der Waals surface area (Å²) < 4.78 is 20.3. The predicted octanol–water partition coefficient (Wildman–Crippen LogP) is 4.00. The van der Waals surface area contributed by atoms with Crippen LogP contribution in [0.1, 0.15) is 11.3 Å². The van der Waals surface area contributed by atoms with Crippen molar-refractivity contribution in [1.82, 2.24) is 9.99 Å². The number of benzene rings is 2. The average molecular weight is 382 g/mol. The second-order valence-electron chi connectivity index (χ2n) is 5.71. The Hall–Kier alpha value is -3.19. The van der Waals surface area contributed by atoms with Crippen molar-refractivity contribution in [1.29, 1.82) is 0 Å². The van der Waals surface area contributed by atoms with E-state index in [1.54, 1.807) is 25.5 Å². The Morgan fingerprint density at radius 3 is 2.70 bits per heavy atom. The van der Waals surface area contributed by atoms with Crippen molar-refractivity contribution >= 4 is 29.2 Å². The van der Waals surface area contributed by atoms with Crippen LogP contribution in [0, 0.1) is 5.82 Å². The third-order valence-electron chi connectivity index (χ3n) is 3.85. The van der Waals surface area contributed by atoms with Gasteiger partial charge in [0.25, 0.3) is 0 Å². The zero-order valence-corrected chi connectivity index (χ0v) is 15.5. The Morgan fingerprint density at radius 2 is 1.93 bits per heavy atom. The molecule has 0 fully saturated rings. The molecule has 5 nitrogen and oxygen atoms in total. The van der Waals surface area contributed by atoms with Crippen molar-refractivity contribution < 1.29 is 9.13 Å². The number of rotatable bonds is 6. The number of anilines is 1. The van der Waals surface area contributed by atoms with Crippen molar-refractivity contribution in [2.24, 2.45) is 5.10 Å². The lowest BCUT2D eigenvalue weighted by molar-refractivity contribution is 0.417. The molecule has 1 aromatic heterocycles. The number of hydrazone groups is 1. The molecule has 1 heterocycles. The van der Waals surface area contributed by atoms with Gasteiger partial charge >= 0.3 is 0 Å². The highest BCUT2D eigenvalue weighted by Crippen LogP contribution is 2.22. The van der Waals surface area contributed by atoms with E-state index in [2.05, 4.69) is 15.8 Å². The maximum Gasteiger partial charge on any atom is 0.191 e. The summed E-state index contributed by atoms with van der Waals surface area (Å²) in [6.45, 7) is 0.624. The quantitative estimate of drug-likeness (QED) is 0.384. The van der Waals surface area contributed by atoms with Gasteiger partial charge in [0.1, 0.15) is 11.6 Å². The van der Waals surface area contributed by atoms with Crippen LogP contribution in [0.5, 0.6) is 5.75 Å². The van der Waals surface area contributed by atoms with Gasteiger partial charge in [-0.3, -0.25) is 5.43 Å². The highest BCUT2D eigenvalue weighted by molar-refractivity contribution is 7.80. The molecule has 0 aliphatic rings. The molecule has 0 amide bonds. The number of ether oxygens (including phenoxy) is 1. The van der Waals surface area contributed by atoms with E-state index in [0.717, 1.165) is 16.9 Å². The minimum Gasteiger partial charge on any atom is -0.495 e. The minimum absolute atomic E-state index is 0.242. The first-order chi connectivity index (χ1) is 13.2. The summed E-state index contributed by atoms with van der Waals surface area (Å²) in [4.78, 5) is 0. The van der Waals surface area contributed by atoms with Crippen LogP contribution in [0.25, 0.3) is 0 Å². The van der Waals surface area contributed by atoms with Crippen LogP contribution in [0.15, 0.2) is 72.0 Å². The number of methoxy groups -OCH3 is 1. The summed E-state index contributed by atoms with van der Waals surface area (Å²) in [5, 5.41) is 7.58. The average Bonchev–Trinajstić information content (AvgIpc) is 3.11. The Bertz CT molecular complexity index is 937. The van der Waals surface area contributed by atoms with Gasteiger partial charge in [-0.05, 0) is 54.2 Å². The van der Waals surface area contributed by atoms with Crippen molar-refractivity contribution in [2.75, 3.05) is 12.4 Å². The molecule has 3 aromatic rings. The third-order valence-corrected chi connectivity index (χ3v) is 4.04. The first-order valence-electron chi connectivity index (χ1n) is 8.28. The summed E-state index contributed by atoms with van der Waals surface area (Å²) in [6.07, 6.45) is 3.62. The second kappa shape index (κ2) is 8.95. The lowest BCUT2D eigenvalue weighted by Crippen LogP contribution is -2.24. The number of nitrogens with zero attached hydrogens (tertiary/aromatic N) is 2. The molecule has 0 atom stereocenters. The molecule has 27 heavy (non-hydrogen) atoms. The van der Waals surface area contributed by atoms with Crippen LogP contribution in [0.3, 0.4) is 0 Å². The van der Waals surface area contributed by atoms with E-state index in [4.69, 9.17) is 17.0 Å². The van der Waals surface area contributed by atoms with E-state index in [1.165, 1.54) is 12.1 Å². The molecule has 0 spiro atoms. The number of halogens is 1. The van der Waals surface area contributed by atoms with Gasteiger partial charge in [0.05, 0.1) is 24.7 Å². The third kappa shape index (κ3) is 5.15. The van der Waals surface area contributed by atoms with E-state index in [-0.39, 0.29) is 5.82 Å². The molecule has 0 saturated heterocycles. The van der Waals surface area contributed by atoms with E-state index >= 15 is 0 Å². The van der Waals surface area contributed by atoms with E-state index in [9.17, 15) is 4.39 Å². The summed E-state index contributed by atoms with van der Waals surface area (Å²) in [6, 6.07) is 17.8. The van der Waals surface area contributed by atoms with Gasteiger partial charge in [0, 0.05) is 12.7 Å². The SMILES string of the molecule is COc1ccccc1NC(=S)N/N=C/c1cccn1Cc1ccc(F)cc1. The Labute approximate surface area is 162 Å². The first-order valence-corrected chi connectivity index (χ1v) is 8.69. The van der Waals surface area contributed by atoms with Crippen LogP contribution < -0.4 is 15.5 Å². The molecule has 0 aliphatic carbocycles. The summed E-state index contributed by atoms with van der Waals surface area (Å²) >= 11 is 5.25. The second-order valence-corrected chi connectivity index (χ2v) is 6.12. The molecule has 3 rings (SSSR count). The zero-order chi connectivity index (χ0) is 19.1. The molecule has 7 heteroatoms. The zero-order valence-electron chi connectivity index (χ0n) is 14.7. The highest BCUT2D eigenvalue weighted by Gasteiger charge is 2.03. The number of para-hydroxylation sites is 2. The molecule has 0 aliphatic heterocycles. The van der Waals surface area contributed by atoms with Crippen molar-refractivity contribution in [3.8, 4) is 5.75 Å². The van der Waals surface area contributed by atoms with E-state index in [0.29, 0.717) is 17.4 Å². The van der Waals surface area contributed by atoms with E-state index in [1.807, 2.05) is 47.2 Å². The molecule has 138 valence electrons. The fourth-order valence-corrected chi connectivity index (χ4v) is 2.69. The Morgan fingerprint density at radius 1 is 1.15 bits per heavy atom. The van der Waals surface area contributed by atoms with Gasteiger partial charge in [-0.25, -0.2) is 4.39 Å². The normalized spacial score (nSPS) is 10.7. The highest BCUT2D eigenvalue weighted by atomic mass is 32.1. The van der Waals surface area contributed by atoms with Crippen molar-refractivity contribution in [3.63, 3.8) is 0 Å². The van der Waals surface area contributed by atoms with Gasteiger partial charge in [0.2, 0.25) is 0 Å². The maximum absolute atomic E-state index is 13.0. The number of hydrogen-bond donors (Lipinski definition) is 2. The fraction of sp³-hybridized carbons (Fsp3) is 0.100. The van der Waals surface area contributed by atoms with Crippen LogP contribution in [0.4, 0.5) is 10.1 Å². The molecular weight excluding hydrogens is 363 g/mol. The van der Waals surface area contributed by atoms with Crippen molar-refractivity contribution in [2.45, 2.75) is 6.54 Å². The van der Waals surface area contributed by atoms with Crippen LogP contribution in [-0.2, 0) is 6.54 Å². The summed E-state index contributed by atoms with van der Waals surface area (Å²) in [5.41, 5.74) is 5.45. The maximum atomic E-state index is 13.0. The largest absolute Gasteiger partial charge is 0.495 e. The molecule has 0 radical (unpaired) electrons. The van der Waals surface area contributed by atoms with Gasteiger partial charge in [-0.2, -0.15) is 5.10 Å². The molecule has 2 aromatic carbocycles. The standard InChI is InChI=1S/C20H19FN4OS/c1-26-19-7-3-2-6-18(19)23-20(27)24-22-13-17-5-4-12-25(17)14-15-8-10-16(21)11-9-15/h2-13H,14H2,1H3,(H2,23,24,27)/b22-13+. The predicted molar refractivity (Wildman–Crippen MR) is 110 cm³/mol. The Balaban J connectivity index is 1.59. The van der Waals surface area contributed by atoms with Gasteiger partial charge in [-0.15, -0.1) is 0 Å². The molecule has 0 saturated carbocycles.